The fourth-order valence-corrected chi connectivity index (χ4v) is 1.89. The van der Waals surface area contributed by atoms with Gasteiger partial charge in [-0.3, -0.25) is 0 Å². The van der Waals surface area contributed by atoms with Crippen LogP contribution in [0, 0.1) is 13.8 Å². The molecule has 1 N–H and O–H groups in total. The van der Waals surface area contributed by atoms with Crippen LogP contribution in [0.1, 0.15) is 40.1 Å². The molecule has 7 heteroatoms. The van der Waals surface area contributed by atoms with Crippen molar-refractivity contribution in [3.8, 4) is 0 Å². The van der Waals surface area contributed by atoms with Gasteiger partial charge in [-0.25, -0.2) is 9.59 Å². The Morgan fingerprint density at radius 3 is 2.85 bits per heavy atom. The number of nitrogens with one attached hydrogen (secondary N) is 1. The topological polar surface area (TPSA) is 98.1 Å². The molecule has 0 atom stereocenters. The summed E-state index contributed by atoms with van der Waals surface area (Å²) in [4.78, 5) is 29.2. The van der Waals surface area contributed by atoms with Gasteiger partial charge < -0.3 is 14.2 Å². The molecule has 7 nitrogen and oxygen atoms in total. The van der Waals surface area contributed by atoms with Crippen LogP contribution in [0.4, 0.5) is 0 Å². The third kappa shape index (κ3) is 2.93. The van der Waals surface area contributed by atoms with Gasteiger partial charge >= 0.3 is 11.7 Å². The van der Waals surface area contributed by atoms with E-state index in [-0.39, 0.29) is 18.0 Å². The van der Waals surface area contributed by atoms with E-state index in [0.29, 0.717) is 17.9 Å². The molecule has 20 heavy (non-hydrogen) atoms. The molecule has 2 aromatic heterocycles. The van der Waals surface area contributed by atoms with Crippen LogP contribution in [0.15, 0.2) is 15.4 Å². The average molecular weight is 277 g/mol. The number of carbonyl (C=O) groups is 1. The number of hydrogen-bond acceptors (Lipinski definition) is 6. The van der Waals surface area contributed by atoms with Crippen molar-refractivity contribution in [3.63, 3.8) is 0 Å². The van der Waals surface area contributed by atoms with Crippen molar-refractivity contribution in [3.05, 3.63) is 45.0 Å². The summed E-state index contributed by atoms with van der Waals surface area (Å²) in [7, 11) is 0. The maximum atomic E-state index is 11.5. The highest BCUT2D eigenvalue weighted by molar-refractivity contribution is 5.87. The molecule has 0 aliphatic carbocycles. The zero-order chi connectivity index (χ0) is 14.7. The first-order chi connectivity index (χ1) is 9.51. The molecule has 0 aliphatic rings. The van der Waals surface area contributed by atoms with Crippen LogP contribution in [-0.4, -0.2) is 27.7 Å². The highest BCUT2D eigenvalue weighted by Crippen LogP contribution is 2.15. The third-order valence-electron chi connectivity index (χ3n) is 2.85. The lowest BCUT2D eigenvalue weighted by Gasteiger charge is -2.05. The fraction of sp³-hybridized carbons (Fsp3) is 0.385. The molecule has 106 valence electrons. The summed E-state index contributed by atoms with van der Waals surface area (Å²) >= 11 is 0. The van der Waals surface area contributed by atoms with Crippen molar-refractivity contribution in [2.24, 2.45) is 0 Å². The minimum atomic E-state index is -0.518. The smallest absolute Gasteiger partial charge is 0.360 e. The molecule has 2 rings (SSSR count). The number of carbonyl (C=O) groups excluding carboxylic acids is 1. The SMILES string of the molecule is CCOC(=O)c1cc(Cc2c(C)nc(=O)[nH]c2C)on1. The Kier molecular flexibility index (Phi) is 3.97. The largest absolute Gasteiger partial charge is 0.461 e. The second-order valence-corrected chi connectivity index (χ2v) is 4.31. The maximum absolute atomic E-state index is 11.5. The van der Waals surface area contributed by atoms with Crippen LogP contribution in [0.25, 0.3) is 0 Å². The zero-order valence-corrected chi connectivity index (χ0v) is 11.5. The summed E-state index contributed by atoms with van der Waals surface area (Å²) in [6.07, 6.45) is 0.397. The Morgan fingerprint density at radius 2 is 2.20 bits per heavy atom. The number of aromatic amines is 1. The highest BCUT2D eigenvalue weighted by Gasteiger charge is 2.15. The number of nitrogens with zero attached hydrogens (tertiary/aromatic N) is 2. The molecule has 0 aromatic carbocycles. The van der Waals surface area contributed by atoms with Crippen molar-refractivity contribution >= 4 is 5.97 Å². The summed E-state index contributed by atoms with van der Waals surface area (Å²) in [5.74, 6) is -0.0105. The van der Waals surface area contributed by atoms with Gasteiger partial charge in [0.25, 0.3) is 0 Å². The molecular weight excluding hydrogens is 262 g/mol. The average Bonchev–Trinajstić information content (AvgIpc) is 2.82. The molecule has 0 saturated heterocycles. The summed E-state index contributed by atoms with van der Waals surface area (Å²) in [5, 5.41) is 3.67. The van der Waals surface area contributed by atoms with E-state index in [1.165, 1.54) is 6.07 Å². The van der Waals surface area contributed by atoms with Gasteiger partial charge in [0, 0.05) is 29.4 Å². The predicted octanol–water partition coefficient (Wildman–Crippen LogP) is 1.14. The van der Waals surface area contributed by atoms with Crippen LogP contribution < -0.4 is 5.69 Å². The van der Waals surface area contributed by atoms with Gasteiger partial charge in [0.1, 0.15) is 5.76 Å². The van der Waals surface area contributed by atoms with Crippen molar-refractivity contribution in [2.75, 3.05) is 6.61 Å². The molecule has 0 unspecified atom stereocenters. The van der Waals surface area contributed by atoms with E-state index in [1.807, 2.05) is 0 Å². The van der Waals surface area contributed by atoms with Gasteiger partial charge in [0.2, 0.25) is 0 Å². The number of esters is 1. The molecule has 0 aliphatic heterocycles. The number of rotatable bonds is 4. The van der Waals surface area contributed by atoms with E-state index in [1.54, 1.807) is 20.8 Å². The quantitative estimate of drug-likeness (QED) is 0.841. The van der Waals surface area contributed by atoms with Gasteiger partial charge in [-0.1, -0.05) is 5.16 Å². The Balaban J connectivity index is 2.23. The lowest BCUT2D eigenvalue weighted by molar-refractivity contribution is 0.0514. The van der Waals surface area contributed by atoms with E-state index in [2.05, 4.69) is 15.1 Å². The Labute approximate surface area is 115 Å². The first kappa shape index (κ1) is 14.0. The predicted molar refractivity (Wildman–Crippen MR) is 69.6 cm³/mol. The van der Waals surface area contributed by atoms with Crippen molar-refractivity contribution < 1.29 is 14.1 Å². The second-order valence-electron chi connectivity index (χ2n) is 4.31. The molecule has 0 spiro atoms. The van der Waals surface area contributed by atoms with Gasteiger partial charge in [-0.05, 0) is 20.8 Å². The molecule has 0 bridgehead atoms. The van der Waals surface area contributed by atoms with Crippen LogP contribution in [0.5, 0.6) is 0 Å². The maximum Gasteiger partial charge on any atom is 0.360 e. The van der Waals surface area contributed by atoms with E-state index in [4.69, 9.17) is 9.26 Å². The second kappa shape index (κ2) is 5.68. The van der Waals surface area contributed by atoms with Gasteiger partial charge in [0.15, 0.2) is 5.69 Å². The standard InChI is InChI=1S/C13H15N3O4/c1-4-19-12(17)11-6-9(20-16-11)5-10-7(2)14-13(18)15-8(10)3/h6H,4-5H2,1-3H3,(H,14,15,18). The Hall–Kier alpha value is -2.44. The summed E-state index contributed by atoms with van der Waals surface area (Å²) < 4.78 is 9.94. The summed E-state index contributed by atoms with van der Waals surface area (Å²) in [6.45, 7) is 5.54. The monoisotopic (exact) mass is 277 g/mol. The van der Waals surface area contributed by atoms with Crippen LogP contribution in [0.2, 0.25) is 0 Å². The molecule has 0 radical (unpaired) electrons. The van der Waals surface area contributed by atoms with Gasteiger partial charge in [0.05, 0.1) is 6.61 Å². The van der Waals surface area contributed by atoms with Crippen molar-refractivity contribution in [2.45, 2.75) is 27.2 Å². The van der Waals surface area contributed by atoms with E-state index in [0.717, 1.165) is 11.3 Å². The summed E-state index contributed by atoms with van der Waals surface area (Å²) in [6, 6.07) is 1.53. The van der Waals surface area contributed by atoms with Crippen LogP contribution in [-0.2, 0) is 11.2 Å². The summed E-state index contributed by atoms with van der Waals surface area (Å²) in [5.41, 5.74) is 1.94. The molecule has 2 aromatic rings. The highest BCUT2D eigenvalue weighted by atomic mass is 16.5. The molecule has 0 fully saturated rings. The number of hydrogen-bond donors (Lipinski definition) is 1. The molecule has 0 amide bonds. The Bertz CT molecular complexity index is 661. The number of H-pyrrole nitrogens is 1. The lowest BCUT2D eigenvalue weighted by Crippen LogP contribution is -2.16. The van der Waals surface area contributed by atoms with E-state index in [9.17, 15) is 9.59 Å². The minimum Gasteiger partial charge on any atom is -0.461 e. The third-order valence-corrected chi connectivity index (χ3v) is 2.85. The zero-order valence-electron chi connectivity index (χ0n) is 11.5. The number of aryl methyl sites for hydroxylation is 2. The minimum absolute atomic E-state index is 0.134. The normalized spacial score (nSPS) is 10.6. The molecule has 2 heterocycles. The van der Waals surface area contributed by atoms with Crippen molar-refractivity contribution in [1.29, 1.82) is 0 Å². The van der Waals surface area contributed by atoms with Gasteiger partial charge in [-0.15, -0.1) is 0 Å². The molecular formula is C13H15N3O4. The van der Waals surface area contributed by atoms with E-state index >= 15 is 0 Å². The fourth-order valence-electron chi connectivity index (χ4n) is 1.89. The number of aromatic nitrogens is 3. The van der Waals surface area contributed by atoms with E-state index < -0.39 is 5.97 Å². The molecule has 0 saturated carbocycles. The first-order valence-corrected chi connectivity index (χ1v) is 6.20. The van der Waals surface area contributed by atoms with Crippen molar-refractivity contribution in [1.82, 2.24) is 15.1 Å². The van der Waals surface area contributed by atoms with Gasteiger partial charge in [-0.2, -0.15) is 4.98 Å². The lowest BCUT2D eigenvalue weighted by atomic mass is 10.1. The van der Waals surface area contributed by atoms with Crippen LogP contribution in [0.3, 0.4) is 0 Å². The van der Waals surface area contributed by atoms with Crippen LogP contribution >= 0.6 is 0 Å². The Morgan fingerprint density at radius 1 is 1.45 bits per heavy atom. The number of ether oxygens (including phenoxy) is 1. The first-order valence-electron chi connectivity index (χ1n) is 6.20.